The predicted molar refractivity (Wildman–Crippen MR) is 66.3 cm³/mol. The molecule has 1 aromatic carbocycles. The standard InChI is InChI=1S/C14H21NO/c1-13(2,10-16)11-6-3-4-7-12(11)14(15)8-5-9-14/h3-4,6-7,16H,5,8-10,15H2,1-2H3. The molecule has 2 rings (SSSR count). The second kappa shape index (κ2) is 3.86. The van der Waals surface area contributed by atoms with Crippen molar-refractivity contribution >= 4 is 0 Å². The van der Waals surface area contributed by atoms with Crippen LogP contribution < -0.4 is 5.73 Å². The summed E-state index contributed by atoms with van der Waals surface area (Å²) in [4.78, 5) is 0. The molecule has 1 saturated carbocycles. The van der Waals surface area contributed by atoms with Crippen LogP contribution in [-0.2, 0) is 11.0 Å². The third kappa shape index (κ3) is 1.76. The molecule has 3 N–H and O–H groups in total. The molecule has 0 spiro atoms. The Labute approximate surface area is 97.5 Å². The van der Waals surface area contributed by atoms with Crippen molar-refractivity contribution < 1.29 is 5.11 Å². The molecule has 0 aliphatic heterocycles. The van der Waals surface area contributed by atoms with Crippen molar-refractivity contribution in [1.82, 2.24) is 0 Å². The van der Waals surface area contributed by atoms with Gasteiger partial charge >= 0.3 is 0 Å². The largest absolute Gasteiger partial charge is 0.395 e. The second-order valence-electron chi connectivity index (χ2n) is 5.60. The summed E-state index contributed by atoms with van der Waals surface area (Å²) in [5.41, 5.74) is 8.45. The number of benzene rings is 1. The molecule has 1 aliphatic rings. The molecule has 0 heterocycles. The SMILES string of the molecule is CC(C)(CO)c1ccccc1C1(N)CCC1. The lowest BCUT2D eigenvalue weighted by Crippen LogP contribution is -2.45. The minimum Gasteiger partial charge on any atom is -0.395 e. The maximum Gasteiger partial charge on any atom is 0.0522 e. The van der Waals surface area contributed by atoms with Crippen LogP contribution in [0.4, 0.5) is 0 Å². The fourth-order valence-corrected chi connectivity index (χ4v) is 2.42. The van der Waals surface area contributed by atoms with Gasteiger partial charge < -0.3 is 10.8 Å². The van der Waals surface area contributed by atoms with Crippen molar-refractivity contribution in [1.29, 1.82) is 0 Å². The highest BCUT2D eigenvalue weighted by atomic mass is 16.3. The van der Waals surface area contributed by atoms with Gasteiger partial charge in [-0.15, -0.1) is 0 Å². The van der Waals surface area contributed by atoms with Crippen LogP contribution in [-0.4, -0.2) is 11.7 Å². The molecule has 0 amide bonds. The molecule has 1 aliphatic carbocycles. The number of hydrogen-bond donors (Lipinski definition) is 2. The summed E-state index contributed by atoms with van der Waals surface area (Å²) in [5, 5.41) is 9.49. The van der Waals surface area contributed by atoms with E-state index in [2.05, 4.69) is 26.0 Å². The van der Waals surface area contributed by atoms with Gasteiger partial charge in [-0.1, -0.05) is 38.1 Å². The number of hydrogen-bond acceptors (Lipinski definition) is 2. The third-order valence-electron chi connectivity index (χ3n) is 3.83. The highest BCUT2D eigenvalue weighted by Crippen LogP contribution is 2.42. The average Bonchev–Trinajstić information content (AvgIpc) is 2.26. The maximum absolute atomic E-state index is 9.49. The Kier molecular flexibility index (Phi) is 2.81. The summed E-state index contributed by atoms with van der Waals surface area (Å²) in [6, 6.07) is 8.28. The van der Waals surface area contributed by atoms with Gasteiger partial charge in [0.1, 0.15) is 0 Å². The fourth-order valence-electron chi connectivity index (χ4n) is 2.42. The zero-order valence-corrected chi connectivity index (χ0v) is 10.2. The van der Waals surface area contributed by atoms with Crippen molar-refractivity contribution in [3.63, 3.8) is 0 Å². The van der Waals surface area contributed by atoms with Crippen LogP contribution in [0.3, 0.4) is 0 Å². The molecule has 1 aromatic rings. The van der Waals surface area contributed by atoms with Crippen molar-refractivity contribution in [2.75, 3.05) is 6.61 Å². The number of aliphatic hydroxyl groups is 1. The zero-order valence-electron chi connectivity index (χ0n) is 10.2. The first-order chi connectivity index (χ1) is 7.49. The van der Waals surface area contributed by atoms with Crippen LogP contribution in [0.25, 0.3) is 0 Å². The Balaban J connectivity index is 2.46. The van der Waals surface area contributed by atoms with Gasteiger partial charge in [-0.05, 0) is 30.4 Å². The van der Waals surface area contributed by atoms with Gasteiger partial charge in [-0.3, -0.25) is 0 Å². The predicted octanol–water partition coefficient (Wildman–Crippen LogP) is 2.29. The van der Waals surface area contributed by atoms with E-state index < -0.39 is 0 Å². The molecule has 0 aromatic heterocycles. The van der Waals surface area contributed by atoms with Gasteiger partial charge in [0.05, 0.1) is 6.61 Å². The van der Waals surface area contributed by atoms with E-state index in [0.29, 0.717) is 0 Å². The molecular weight excluding hydrogens is 198 g/mol. The quantitative estimate of drug-likeness (QED) is 0.819. The summed E-state index contributed by atoms with van der Waals surface area (Å²) < 4.78 is 0. The minimum absolute atomic E-state index is 0.150. The van der Waals surface area contributed by atoms with Crippen LogP contribution in [0, 0.1) is 0 Å². The van der Waals surface area contributed by atoms with Crippen molar-refractivity contribution in [3.8, 4) is 0 Å². The number of aliphatic hydroxyl groups excluding tert-OH is 1. The first kappa shape index (κ1) is 11.6. The number of nitrogens with two attached hydrogens (primary N) is 1. The lowest BCUT2D eigenvalue weighted by molar-refractivity contribution is 0.208. The van der Waals surface area contributed by atoms with E-state index in [0.717, 1.165) is 12.8 Å². The number of rotatable bonds is 3. The molecule has 0 atom stereocenters. The zero-order chi connectivity index (χ0) is 11.8. The Morgan fingerprint density at radius 1 is 1.31 bits per heavy atom. The maximum atomic E-state index is 9.49. The molecule has 16 heavy (non-hydrogen) atoms. The van der Waals surface area contributed by atoms with Crippen LogP contribution in [0.5, 0.6) is 0 Å². The van der Waals surface area contributed by atoms with Crippen LogP contribution in [0.1, 0.15) is 44.2 Å². The molecule has 0 radical (unpaired) electrons. The van der Waals surface area contributed by atoms with E-state index in [4.69, 9.17) is 5.73 Å². The van der Waals surface area contributed by atoms with E-state index >= 15 is 0 Å². The smallest absolute Gasteiger partial charge is 0.0522 e. The Morgan fingerprint density at radius 3 is 2.44 bits per heavy atom. The normalized spacial score (nSPS) is 19.2. The Morgan fingerprint density at radius 2 is 1.94 bits per heavy atom. The first-order valence-corrected chi connectivity index (χ1v) is 5.99. The van der Waals surface area contributed by atoms with E-state index in [-0.39, 0.29) is 17.6 Å². The van der Waals surface area contributed by atoms with Gasteiger partial charge in [-0.2, -0.15) is 0 Å². The first-order valence-electron chi connectivity index (χ1n) is 5.99. The summed E-state index contributed by atoms with van der Waals surface area (Å²) in [6.07, 6.45) is 3.33. The van der Waals surface area contributed by atoms with Crippen molar-refractivity contribution in [2.45, 2.75) is 44.1 Å². The van der Waals surface area contributed by atoms with Crippen molar-refractivity contribution in [2.24, 2.45) is 5.73 Å². The molecule has 1 fully saturated rings. The van der Waals surface area contributed by atoms with Gasteiger partial charge in [0, 0.05) is 11.0 Å². The van der Waals surface area contributed by atoms with E-state index in [1.54, 1.807) is 0 Å². The van der Waals surface area contributed by atoms with Gasteiger partial charge in [0.15, 0.2) is 0 Å². The van der Waals surface area contributed by atoms with Gasteiger partial charge in [0.2, 0.25) is 0 Å². The molecule has 88 valence electrons. The van der Waals surface area contributed by atoms with E-state index in [1.165, 1.54) is 17.5 Å². The van der Waals surface area contributed by atoms with Gasteiger partial charge in [0.25, 0.3) is 0 Å². The topological polar surface area (TPSA) is 46.2 Å². The molecule has 2 heteroatoms. The molecule has 0 saturated heterocycles. The monoisotopic (exact) mass is 219 g/mol. The van der Waals surface area contributed by atoms with Gasteiger partial charge in [-0.25, -0.2) is 0 Å². The molecule has 0 unspecified atom stereocenters. The van der Waals surface area contributed by atoms with E-state index in [1.807, 2.05) is 12.1 Å². The lowest BCUT2D eigenvalue weighted by Gasteiger charge is -2.42. The summed E-state index contributed by atoms with van der Waals surface area (Å²) in [7, 11) is 0. The van der Waals surface area contributed by atoms with E-state index in [9.17, 15) is 5.11 Å². The molecule has 2 nitrogen and oxygen atoms in total. The van der Waals surface area contributed by atoms with Crippen LogP contribution in [0.15, 0.2) is 24.3 Å². The van der Waals surface area contributed by atoms with Crippen molar-refractivity contribution in [3.05, 3.63) is 35.4 Å². The fraction of sp³-hybridized carbons (Fsp3) is 0.571. The minimum atomic E-state index is -0.210. The summed E-state index contributed by atoms with van der Waals surface area (Å²) in [5.74, 6) is 0. The average molecular weight is 219 g/mol. The second-order valence-corrected chi connectivity index (χ2v) is 5.60. The third-order valence-corrected chi connectivity index (χ3v) is 3.83. The Bertz CT molecular complexity index is 350. The highest BCUT2D eigenvalue weighted by Gasteiger charge is 2.38. The molecular formula is C14H21NO. The lowest BCUT2D eigenvalue weighted by atomic mass is 9.68. The molecule has 0 bridgehead atoms. The Hall–Kier alpha value is -0.860. The highest BCUT2D eigenvalue weighted by molar-refractivity contribution is 5.39. The van der Waals surface area contributed by atoms with Crippen LogP contribution in [0.2, 0.25) is 0 Å². The van der Waals surface area contributed by atoms with Crippen LogP contribution >= 0.6 is 0 Å². The summed E-state index contributed by atoms with van der Waals surface area (Å²) >= 11 is 0. The summed E-state index contributed by atoms with van der Waals surface area (Å²) in [6.45, 7) is 4.28.